The number of carbonyl (C=O) groups excluding carboxylic acids is 1. The Bertz CT molecular complexity index is 642. The van der Waals surface area contributed by atoms with Gasteiger partial charge in [-0.1, -0.05) is 17.7 Å². The molecule has 0 aromatic heterocycles. The molecule has 0 saturated heterocycles. The molecule has 1 aromatic rings. The standard InChI is InChI=1S/C9H8F2N4O3S/c1-6-2-4-7(5-3-6)15-8(16)9(10,11)19(17,18)14-12-13-15/h2-5H,1H3,(H,13,14). The van der Waals surface area contributed by atoms with Gasteiger partial charge in [0.25, 0.3) is 0 Å². The number of halogens is 2. The van der Waals surface area contributed by atoms with E-state index in [0.29, 0.717) is 5.01 Å². The molecule has 0 radical (unpaired) electrons. The van der Waals surface area contributed by atoms with Gasteiger partial charge >= 0.3 is 21.2 Å². The van der Waals surface area contributed by atoms with E-state index in [1.165, 1.54) is 12.1 Å². The van der Waals surface area contributed by atoms with Gasteiger partial charge in [-0.25, -0.2) is 0 Å². The van der Waals surface area contributed by atoms with Gasteiger partial charge in [0.1, 0.15) is 0 Å². The van der Waals surface area contributed by atoms with Crippen molar-refractivity contribution in [3.8, 4) is 0 Å². The third-order valence-corrected chi connectivity index (χ3v) is 3.48. The number of aryl methyl sites for hydroxylation is 1. The Hall–Kier alpha value is -2.10. The number of sulfonamides is 1. The number of benzene rings is 1. The minimum atomic E-state index is -5.32. The van der Waals surface area contributed by atoms with Crippen molar-refractivity contribution in [2.45, 2.75) is 12.2 Å². The van der Waals surface area contributed by atoms with Gasteiger partial charge in [0, 0.05) is 0 Å². The third kappa shape index (κ3) is 2.14. The van der Waals surface area contributed by atoms with Crippen LogP contribution in [0.3, 0.4) is 0 Å². The zero-order valence-corrected chi connectivity index (χ0v) is 10.4. The number of alkyl halides is 2. The number of nitrogens with one attached hydrogen (secondary N) is 1. The number of rotatable bonds is 1. The van der Waals surface area contributed by atoms with Gasteiger partial charge in [0.15, 0.2) is 0 Å². The van der Waals surface area contributed by atoms with Crippen LogP contribution >= 0.6 is 0 Å². The van der Waals surface area contributed by atoms with E-state index in [0.717, 1.165) is 5.56 Å². The number of hydrazine groups is 1. The summed E-state index contributed by atoms with van der Waals surface area (Å²) in [6, 6.07) is 5.87. The van der Waals surface area contributed by atoms with Crippen LogP contribution in [-0.4, -0.2) is 19.6 Å². The van der Waals surface area contributed by atoms with Crippen molar-refractivity contribution < 1.29 is 22.0 Å². The van der Waals surface area contributed by atoms with Crippen molar-refractivity contribution in [3.63, 3.8) is 0 Å². The van der Waals surface area contributed by atoms with Crippen LogP contribution < -0.4 is 10.5 Å². The first kappa shape index (κ1) is 13.3. The predicted octanol–water partition coefficient (Wildman–Crippen LogP) is 1.14. The van der Waals surface area contributed by atoms with E-state index in [9.17, 15) is 22.0 Å². The highest BCUT2D eigenvalue weighted by Crippen LogP contribution is 2.29. The Morgan fingerprint density at radius 1 is 1.26 bits per heavy atom. The lowest BCUT2D eigenvalue weighted by molar-refractivity contribution is -0.133. The van der Waals surface area contributed by atoms with E-state index in [1.807, 2.05) is 5.53 Å². The Balaban J connectivity index is 2.47. The molecule has 19 heavy (non-hydrogen) atoms. The summed E-state index contributed by atoms with van der Waals surface area (Å²) in [5, 5.41) is -1.49. The first-order valence-corrected chi connectivity index (χ1v) is 6.41. The second-order valence-corrected chi connectivity index (χ2v) is 5.38. The van der Waals surface area contributed by atoms with Gasteiger partial charge < -0.3 is 0 Å². The van der Waals surface area contributed by atoms with Crippen molar-refractivity contribution in [3.05, 3.63) is 29.8 Å². The lowest BCUT2D eigenvalue weighted by atomic mass is 10.2. The molecule has 0 unspecified atom stereocenters. The number of amides is 1. The molecule has 0 atom stereocenters. The Kier molecular flexibility index (Phi) is 2.97. The van der Waals surface area contributed by atoms with Crippen molar-refractivity contribution in [1.29, 1.82) is 0 Å². The molecule has 7 nitrogen and oxygen atoms in total. The third-order valence-electron chi connectivity index (χ3n) is 2.36. The minimum Gasteiger partial charge on any atom is -0.264 e. The molecule has 1 amide bonds. The zero-order chi connectivity index (χ0) is 14.3. The fourth-order valence-corrected chi connectivity index (χ4v) is 1.88. The lowest BCUT2D eigenvalue weighted by Crippen LogP contribution is -2.50. The molecule has 0 bridgehead atoms. The summed E-state index contributed by atoms with van der Waals surface area (Å²) in [6.45, 7) is 1.76. The second kappa shape index (κ2) is 4.23. The fraction of sp³-hybridized carbons (Fsp3) is 0.222. The summed E-state index contributed by atoms with van der Waals surface area (Å²) in [5.74, 6) is -1.97. The summed E-state index contributed by atoms with van der Waals surface area (Å²) >= 11 is 0. The maximum absolute atomic E-state index is 13.5. The molecule has 1 aliphatic heterocycles. The molecule has 0 saturated carbocycles. The van der Waals surface area contributed by atoms with Crippen LogP contribution in [0.15, 0.2) is 34.0 Å². The summed E-state index contributed by atoms with van der Waals surface area (Å²) in [6.07, 6.45) is 0. The summed E-state index contributed by atoms with van der Waals surface area (Å²) in [5.41, 5.74) is 2.72. The molecular formula is C9H8F2N4O3S. The summed E-state index contributed by atoms with van der Waals surface area (Å²) < 4.78 is 51.5. The van der Waals surface area contributed by atoms with E-state index < -0.39 is 21.2 Å². The molecule has 0 aliphatic carbocycles. The Morgan fingerprint density at radius 3 is 2.42 bits per heavy atom. The highest BCUT2D eigenvalue weighted by molar-refractivity contribution is 7.91. The normalized spacial score (nSPS) is 20.8. The topological polar surface area (TPSA) is 91.2 Å². The van der Waals surface area contributed by atoms with Crippen LogP contribution in [0.1, 0.15) is 5.56 Å². The first-order chi connectivity index (χ1) is 8.75. The van der Waals surface area contributed by atoms with Crippen LogP contribution in [-0.2, 0) is 14.8 Å². The van der Waals surface area contributed by atoms with E-state index in [2.05, 4.69) is 9.74 Å². The molecule has 1 aromatic carbocycles. The molecular weight excluding hydrogens is 282 g/mol. The van der Waals surface area contributed by atoms with Gasteiger partial charge in [-0.05, 0) is 28.8 Å². The zero-order valence-electron chi connectivity index (χ0n) is 9.54. The smallest absolute Gasteiger partial charge is 0.264 e. The van der Waals surface area contributed by atoms with Crippen LogP contribution in [0, 0.1) is 6.92 Å². The SMILES string of the molecule is Cc1ccc(N2NN=NS(=O)(=O)C(F)(F)C2=O)cc1. The van der Waals surface area contributed by atoms with Crippen molar-refractivity contribution >= 4 is 21.6 Å². The molecule has 1 heterocycles. The average molecular weight is 290 g/mol. The molecule has 2 rings (SSSR count). The number of anilines is 1. The molecule has 10 heteroatoms. The maximum atomic E-state index is 13.5. The fourth-order valence-electron chi connectivity index (χ4n) is 1.32. The highest BCUT2D eigenvalue weighted by atomic mass is 32.2. The van der Waals surface area contributed by atoms with Crippen LogP contribution in [0.4, 0.5) is 14.5 Å². The van der Waals surface area contributed by atoms with Crippen LogP contribution in [0.25, 0.3) is 0 Å². The van der Waals surface area contributed by atoms with Gasteiger partial charge in [-0.3, -0.25) is 4.79 Å². The Morgan fingerprint density at radius 2 is 1.84 bits per heavy atom. The summed E-state index contributed by atoms with van der Waals surface area (Å²) in [7, 11) is -5.32. The van der Waals surface area contributed by atoms with Gasteiger partial charge in [0.2, 0.25) is 0 Å². The summed E-state index contributed by atoms with van der Waals surface area (Å²) in [4.78, 5) is 11.6. The average Bonchev–Trinajstić information content (AvgIpc) is 2.41. The Labute approximate surface area is 106 Å². The predicted molar refractivity (Wildman–Crippen MR) is 60.5 cm³/mol. The van der Waals surface area contributed by atoms with Gasteiger partial charge in [-0.15, -0.1) is 0 Å². The number of hydrogen-bond acceptors (Lipinski definition) is 5. The van der Waals surface area contributed by atoms with E-state index in [-0.39, 0.29) is 5.69 Å². The van der Waals surface area contributed by atoms with Crippen molar-refractivity contribution in [2.24, 2.45) is 9.74 Å². The van der Waals surface area contributed by atoms with Gasteiger partial charge in [0.05, 0.1) is 5.69 Å². The second-order valence-electron chi connectivity index (χ2n) is 3.75. The van der Waals surface area contributed by atoms with Crippen molar-refractivity contribution in [2.75, 3.05) is 5.01 Å². The molecule has 1 aliphatic rings. The minimum absolute atomic E-state index is 0.0197. The van der Waals surface area contributed by atoms with Crippen molar-refractivity contribution in [1.82, 2.24) is 5.53 Å². The number of carbonyl (C=O) groups is 1. The van der Waals surface area contributed by atoms with Crippen LogP contribution in [0.5, 0.6) is 0 Å². The van der Waals surface area contributed by atoms with Crippen LogP contribution in [0.2, 0.25) is 0 Å². The molecule has 0 spiro atoms. The number of nitrogens with zero attached hydrogens (tertiary/aromatic N) is 3. The van der Waals surface area contributed by atoms with E-state index in [1.54, 1.807) is 19.1 Å². The molecule has 1 N–H and O–H groups in total. The molecule has 0 fully saturated rings. The van der Waals surface area contributed by atoms with E-state index >= 15 is 0 Å². The highest BCUT2D eigenvalue weighted by Gasteiger charge is 2.57. The van der Waals surface area contributed by atoms with E-state index in [4.69, 9.17) is 0 Å². The van der Waals surface area contributed by atoms with Gasteiger partial charge in [-0.2, -0.15) is 27.7 Å². The lowest BCUT2D eigenvalue weighted by Gasteiger charge is -2.21. The molecule has 102 valence electrons. The largest absolute Gasteiger partial charge is 0.446 e. The maximum Gasteiger partial charge on any atom is 0.446 e. The number of hydrogen-bond donors (Lipinski definition) is 1. The quantitative estimate of drug-likeness (QED) is 0.839. The monoisotopic (exact) mass is 290 g/mol. The first-order valence-electron chi connectivity index (χ1n) is 4.97.